The van der Waals surface area contributed by atoms with Crippen molar-refractivity contribution in [1.82, 2.24) is 9.55 Å². The Balaban J connectivity index is 2.25. The maximum Gasteiger partial charge on any atom is 0.469 e. The van der Waals surface area contributed by atoms with Gasteiger partial charge in [-0.25, -0.2) is 4.57 Å². The van der Waals surface area contributed by atoms with Crippen LogP contribution in [0.2, 0.25) is 0 Å². The molecule has 1 aliphatic heterocycles. The second-order valence-electron chi connectivity index (χ2n) is 4.68. The van der Waals surface area contributed by atoms with Crippen LogP contribution in [0.4, 0.5) is 5.95 Å². The molecule has 0 saturated carbocycles. The molecule has 2 rings (SSSR count). The Kier molecular flexibility index (Phi) is 4.47. The molecule has 0 unspecified atom stereocenters. The zero-order valence-corrected chi connectivity index (χ0v) is 12.0. The molecule has 1 aromatic rings. The zero-order valence-electron chi connectivity index (χ0n) is 11.1. The fourth-order valence-corrected chi connectivity index (χ4v) is 2.71. The summed E-state index contributed by atoms with van der Waals surface area (Å²) in [6.45, 7) is 1.07. The summed E-state index contributed by atoms with van der Waals surface area (Å²) in [5, 5.41) is 9.20. The number of aryl methyl sites for hydroxylation is 1. The molecule has 2 heterocycles. The fraction of sp³-hybridized carbons (Fsp3) is 0.600. The number of aliphatic hydroxyl groups excluding tert-OH is 1. The molecule has 1 saturated heterocycles. The lowest BCUT2D eigenvalue weighted by molar-refractivity contribution is -0.0434. The number of ether oxygens (including phenoxy) is 1. The van der Waals surface area contributed by atoms with Gasteiger partial charge in [-0.3, -0.25) is 13.9 Å². The van der Waals surface area contributed by atoms with E-state index in [2.05, 4.69) is 9.51 Å². The summed E-state index contributed by atoms with van der Waals surface area (Å²) in [5.41, 5.74) is 5.52. The Bertz CT molecular complexity index is 628. The van der Waals surface area contributed by atoms with Crippen LogP contribution in [0.3, 0.4) is 0 Å². The summed E-state index contributed by atoms with van der Waals surface area (Å²) >= 11 is 0. The highest BCUT2D eigenvalue weighted by Crippen LogP contribution is 2.43. The smallest absolute Gasteiger partial charge is 0.394 e. The number of phosphoric acid groups is 1. The van der Waals surface area contributed by atoms with Gasteiger partial charge in [-0.1, -0.05) is 0 Å². The Morgan fingerprint density at radius 2 is 2.29 bits per heavy atom. The summed E-state index contributed by atoms with van der Waals surface area (Å²) in [7, 11) is -4.71. The van der Waals surface area contributed by atoms with Crippen LogP contribution in [-0.4, -0.2) is 43.3 Å². The summed E-state index contributed by atoms with van der Waals surface area (Å²) in [6, 6.07) is 0. The standard InChI is InChI=1S/C10H16N3O7P/c1-5-3-13(10(11)12-9(5)15)8-2-6(7(4-14)19-8)20-21(16,17)18/h3,6-8,14H,2,4H2,1H3,(H2,11,12,15)(H2,16,17,18)/t6-,7+,8+/m0/s1. The van der Waals surface area contributed by atoms with E-state index in [0.717, 1.165) is 0 Å². The zero-order chi connectivity index (χ0) is 15.8. The van der Waals surface area contributed by atoms with Crippen molar-refractivity contribution >= 4 is 13.8 Å². The highest BCUT2D eigenvalue weighted by molar-refractivity contribution is 7.46. The van der Waals surface area contributed by atoms with E-state index in [1.807, 2.05) is 0 Å². The number of aliphatic hydroxyl groups is 1. The average Bonchev–Trinajstić information content (AvgIpc) is 2.74. The van der Waals surface area contributed by atoms with Crippen LogP contribution in [-0.2, 0) is 13.8 Å². The van der Waals surface area contributed by atoms with E-state index < -0.39 is 38.4 Å². The molecule has 0 spiro atoms. The number of hydrogen-bond acceptors (Lipinski definition) is 7. The molecular formula is C10H16N3O7P. The number of nitrogen functional groups attached to an aromatic ring is 1. The molecule has 11 heteroatoms. The lowest BCUT2D eigenvalue weighted by atomic mass is 10.2. The Morgan fingerprint density at radius 3 is 2.86 bits per heavy atom. The third-order valence-corrected chi connectivity index (χ3v) is 3.64. The first-order valence-corrected chi connectivity index (χ1v) is 7.60. The number of hydrogen-bond donors (Lipinski definition) is 4. The number of anilines is 1. The second kappa shape index (κ2) is 5.84. The van der Waals surface area contributed by atoms with Gasteiger partial charge in [0.15, 0.2) is 0 Å². The number of nitrogens with zero attached hydrogens (tertiary/aromatic N) is 2. The van der Waals surface area contributed by atoms with E-state index in [0.29, 0.717) is 5.56 Å². The van der Waals surface area contributed by atoms with Gasteiger partial charge in [-0.2, -0.15) is 4.98 Å². The van der Waals surface area contributed by atoms with E-state index in [1.54, 1.807) is 6.92 Å². The molecule has 0 aliphatic carbocycles. The van der Waals surface area contributed by atoms with Gasteiger partial charge in [-0.05, 0) is 6.92 Å². The molecule has 118 valence electrons. The van der Waals surface area contributed by atoms with Crippen molar-refractivity contribution in [2.75, 3.05) is 12.3 Å². The molecule has 0 radical (unpaired) electrons. The molecule has 3 atom stereocenters. The summed E-state index contributed by atoms with van der Waals surface area (Å²) in [4.78, 5) is 32.7. The number of aromatic nitrogens is 2. The first-order valence-electron chi connectivity index (χ1n) is 6.07. The van der Waals surface area contributed by atoms with E-state index in [-0.39, 0.29) is 12.4 Å². The molecule has 1 aliphatic rings. The summed E-state index contributed by atoms with van der Waals surface area (Å²) in [6.07, 6.45) is -1.18. The van der Waals surface area contributed by atoms with Crippen molar-refractivity contribution in [3.05, 3.63) is 22.1 Å². The van der Waals surface area contributed by atoms with E-state index >= 15 is 0 Å². The number of nitrogens with two attached hydrogens (primary N) is 1. The van der Waals surface area contributed by atoms with Crippen molar-refractivity contribution in [2.24, 2.45) is 0 Å². The Morgan fingerprint density at radius 1 is 1.62 bits per heavy atom. The minimum absolute atomic E-state index is 0.0462. The van der Waals surface area contributed by atoms with E-state index in [4.69, 9.17) is 20.3 Å². The molecule has 0 amide bonds. The van der Waals surface area contributed by atoms with Gasteiger partial charge in [-0.15, -0.1) is 0 Å². The molecule has 1 fully saturated rings. The van der Waals surface area contributed by atoms with Crippen LogP contribution in [0, 0.1) is 6.92 Å². The SMILES string of the molecule is Cc1cn([C@H]2C[C@H](OP(=O)(O)O)[C@@H](CO)O2)c(N)nc1=O. The molecular weight excluding hydrogens is 305 g/mol. The summed E-state index contributed by atoms with van der Waals surface area (Å²) < 4.78 is 22.3. The predicted molar refractivity (Wildman–Crippen MR) is 70.2 cm³/mol. The first-order chi connectivity index (χ1) is 9.71. The van der Waals surface area contributed by atoms with Crippen molar-refractivity contribution in [3.63, 3.8) is 0 Å². The van der Waals surface area contributed by atoms with Crippen molar-refractivity contribution in [1.29, 1.82) is 0 Å². The molecule has 0 aromatic carbocycles. The van der Waals surface area contributed by atoms with Gasteiger partial charge in [0, 0.05) is 18.2 Å². The normalized spacial score (nSPS) is 26.2. The lowest BCUT2D eigenvalue weighted by Crippen LogP contribution is -2.27. The quantitative estimate of drug-likeness (QED) is 0.505. The monoisotopic (exact) mass is 321 g/mol. The summed E-state index contributed by atoms with van der Waals surface area (Å²) in [5.74, 6) is -0.0934. The van der Waals surface area contributed by atoms with Crippen LogP contribution in [0.15, 0.2) is 11.0 Å². The Hall–Kier alpha value is -1.29. The molecule has 1 aromatic heterocycles. The molecule has 0 bridgehead atoms. The van der Waals surface area contributed by atoms with Gasteiger partial charge in [0.2, 0.25) is 5.95 Å². The fourth-order valence-electron chi connectivity index (χ4n) is 2.13. The Labute approximate surface area is 119 Å². The van der Waals surface area contributed by atoms with Crippen LogP contribution < -0.4 is 11.3 Å². The molecule has 5 N–H and O–H groups in total. The maximum atomic E-state index is 11.4. The van der Waals surface area contributed by atoms with Crippen LogP contribution >= 0.6 is 7.82 Å². The third kappa shape index (κ3) is 3.67. The average molecular weight is 321 g/mol. The second-order valence-corrected chi connectivity index (χ2v) is 5.87. The van der Waals surface area contributed by atoms with Crippen LogP contribution in [0.25, 0.3) is 0 Å². The molecule has 10 nitrogen and oxygen atoms in total. The number of rotatable bonds is 4. The maximum absolute atomic E-state index is 11.4. The van der Waals surface area contributed by atoms with Crippen molar-refractivity contribution in [2.45, 2.75) is 31.8 Å². The van der Waals surface area contributed by atoms with Gasteiger partial charge in [0.05, 0.1) is 6.61 Å². The van der Waals surface area contributed by atoms with Gasteiger partial charge >= 0.3 is 7.82 Å². The van der Waals surface area contributed by atoms with Crippen LogP contribution in [0.5, 0.6) is 0 Å². The van der Waals surface area contributed by atoms with E-state index in [9.17, 15) is 14.5 Å². The van der Waals surface area contributed by atoms with Crippen molar-refractivity contribution in [3.8, 4) is 0 Å². The van der Waals surface area contributed by atoms with E-state index in [1.165, 1.54) is 10.8 Å². The van der Waals surface area contributed by atoms with Crippen LogP contribution in [0.1, 0.15) is 18.2 Å². The highest BCUT2D eigenvalue weighted by atomic mass is 31.2. The first kappa shape index (κ1) is 16.1. The lowest BCUT2D eigenvalue weighted by Gasteiger charge is -2.17. The van der Waals surface area contributed by atoms with Gasteiger partial charge in [0.25, 0.3) is 5.56 Å². The molecule has 21 heavy (non-hydrogen) atoms. The number of phosphoric ester groups is 1. The third-order valence-electron chi connectivity index (χ3n) is 3.09. The van der Waals surface area contributed by atoms with Gasteiger partial charge < -0.3 is 25.4 Å². The predicted octanol–water partition coefficient (Wildman–Crippen LogP) is -1.11. The minimum atomic E-state index is -4.71. The largest absolute Gasteiger partial charge is 0.469 e. The highest BCUT2D eigenvalue weighted by Gasteiger charge is 2.40. The minimum Gasteiger partial charge on any atom is -0.394 e. The van der Waals surface area contributed by atoms with Gasteiger partial charge in [0.1, 0.15) is 18.4 Å². The topological polar surface area (TPSA) is 157 Å². The van der Waals surface area contributed by atoms with Crippen molar-refractivity contribution < 1.29 is 28.7 Å².